The van der Waals surface area contributed by atoms with Crippen LogP contribution in [0.25, 0.3) is 5.69 Å². The third kappa shape index (κ3) is 2.45. The number of nitrogens with zero attached hydrogens (tertiary/aromatic N) is 2. The number of hydrogen-bond donors (Lipinski definition) is 1. The number of rotatable bonds is 2. The molecule has 0 spiro atoms. The van der Waals surface area contributed by atoms with E-state index in [-0.39, 0.29) is 5.69 Å². The van der Waals surface area contributed by atoms with Crippen molar-refractivity contribution in [3.8, 4) is 5.69 Å². The molecule has 98 valence electrons. The van der Waals surface area contributed by atoms with E-state index < -0.39 is 27.7 Å². The van der Waals surface area contributed by atoms with E-state index in [0.29, 0.717) is 15.2 Å². The molecule has 1 heterocycles. The quantitative estimate of drug-likeness (QED) is 0.663. The Balaban J connectivity index is 2.82. The van der Waals surface area contributed by atoms with Crippen LogP contribution in [-0.2, 0) is 0 Å². The summed E-state index contributed by atoms with van der Waals surface area (Å²) in [5.41, 5.74) is -2.69. The zero-order valence-electron chi connectivity index (χ0n) is 9.09. The van der Waals surface area contributed by atoms with Crippen molar-refractivity contribution in [1.29, 1.82) is 0 Å². The minimum Gasteiger partial charge on any atom is -0.271 e. The van der Waals surface area contributed by atoms with Crippen LogP contribution in [0.3, 0.4) is 0 Å². The Bertz CT molecular complexity index is 783. The summed E-state index contributed by atoms with van der Waals surface area (Å²) in [4.78, 5) is 34.4. The highest BCUT2D eigenvalue weighted by Crippen LogP contribution is 2.25. The molecule has 1 aromatic carbocycles. The van der Waals surface area contributed by atoms with Gasteiger partial charge in [-0.15, -0.1) is 0 Å². The first-order valence-electron chi connectivity index (χ1n) is 4.86. The summed E-state index contributed by atoms with van der Waals surface area (Å²) in [5.74, 6) is -1.21. The zero-order chi connectivity index (χ0) is 14.2. The summed E-state index contributed by atoms with van der Waals surface area (Å²) in [5, 5.41) is 10.9. The van der Waals surface area contributed by atoms with Gasteiger partial charge in [-0.25, -0.2) is 4.79 Å². The normalized spacial score (nSPS) is 10.4. The van der Waals surface area contributed by atoms with Gasteiger partial charge in [-0.2, -0.15) is 4.39 Å². The third-order valence-electron chi connectivity index (χ3n) is 2.29. The molecule has 0 aliphatic heterocycles. The Kier molecular flexibility index (Phi) is 3.30. The Morgan fingerprint density at radius 2 is 2.05 bits per heavy atom. The average Bonchev–Trinajstić information content (AvgIpc) is 2.33. The van der Waals surface area contributed by atoms with Crippen molar-refractivity contribution < 1.29 is 9.31 Å². The van der Waals surface area contributed by atoms with Gasteiger partial charge in [-0.1, -0.05) is 15.9 Å². The largest absolute Gasteiger partial charge is 0.333 e. The van der Waals surface area contributed by atoms with E-state index in [1.165, 1.54) is 12.1 Å². The Morgan fingerprint density at radius 1 is 1.37 bits per heavy atom. The minimum absolute atomic E-state index is 0.153. The molecule has 0 aliphatic carbocycles. The molecule has 1 N–H and O–H groups in total. The highest BCUT2D eigenvalue weighted by Gasteiger charge is 2.17. The summed E-state index contributed by atoms with van der Waals surface area (Å²) < 4.78 is 14.3. The molecule has 0 bridgehead atoms. The monoisotopic (exact) mass is 329 g/mol. The Morgan fingerprint density at radius 3 is 2.68 bits per heavy atom. The molecule has 0 aliphatic rings. The first kappa shape index (κ1) is 13.1. The molecular weight excluding hydrogens is 325 g/mol. The molecule has 0 amide bonds. The molecule has 19 heavy (non-hydrogen) atoms. The van der Waals surface area contributed by atoms with Gasteiger partial charge in [0.1, 0.15) is 5.69 Å². The van der Waals surface area contributed by atoms with Gasteiger partial charge >= 0.3 is 5.69 Å². The maximum atomic E-state index is 13.2. The first-order valence-corrected chi connectivity index (χ1v) is 5.65. The fourth-order valence-electron chi connectivity index (χ4n) is 1.47. The Labute approximate surface area is 112 Å². The number of aromatic amines is 1. The van der Waals surface area contributed by atoms with Crippen molar-refractivity contribution in [2.45, 2.75) is 0 Å². The number of H-pyrrole nitrogens is 1. The lowest BCUT2D eigenvalue weighted by atomic mass is 10.2. The second-order valence-corrected chi connectivity index (χ2v) is 4.41. The topological polar surface area (TPSA) is 98.0 Å². The molecule has 0 atom stereocenters. The number of hydrogen-bond acceptors (Lipinski definition) is 4. The minimum atomic E-state index is -1.21. The van der Waals surface area contributed by atoms with E-state index in [0.717, 1.165) is 6.07 Å². The van der Waals surface area contributed by atoms with E-state index >= 15 is 0 Å². The fraction of sp³-hybridized carbons (Fsp3) is 0. The van der Waals surface area contributed by atoms with Crippen molar-refractivity contribution in [3.05, 3.63) is 65.6 Å². The van der Waals surface area contributed by atoms with Gasteiger partial charge in [0.15, 0.2) is 0 Å². The van der Waals surface area contributed by atoms with Crippen LogP contribution in [0.5, 0.6) is 0 Å². The number of nitrogens with one attached hydrogen (secondary N) is 1. The molecule has 7 nitrogen and oxygen atoms in total. The molecule has 1 aromatic heterocycles. The molecule has 0 radical (unpaired) electrons. The van der Waals surface area contributed by atoms with Crippen LogP contribution >= 0.6 is 15.9 Å². The number of aromatic nitrogens is 2. The fourth-order valence-corrected chi connectivity index (χ4v) is 1.82. The van der Waals surface area contributed by atoms with E-state index in [1.807, 2.05) is 0 Å². The standard InChI is InChI=1S/C10H5BrFN3O4/c11-5-1-2-7(15(18)19)8(3-5)14-4-6(12)9(16)13-10(14)17/h1-4H,(H,13,16,17). The van der Waals surface area contributed by atoms with Crippen molar-refractivity contribution in [3.63, 3.8) is 0 Å². The lowest BCUT2D eigenvalue weighted by molar-refractivity contribution is -0.384. The molecule has 0 unspecified atom stereocenters. The van der Waals surface area contributed by atoms with Gasteiger partial charge < -0.3 is 0 Å². The maximum Gasteiger partial charge on any atom is 0.333 e. The van der Waals surface area contributed by atoms with Gasteiger partial charge in [0.2, 0.25) is 5.82 Å². The smallest absolute Gasteiger partial charge is 0.271 e. The molecule has 0 fully saturated rings. The first-order chi connectivity index (χ1) is 8.90. The van der Waals surface area contributed by atoms with E-state index in [2.05, 4.69) is 15.9 Å². The molecule has 0 saturated carbocycles. The second-order valence-electron chi connectivity index (χ2n) is 3.50. The van der Waals surface area contributed by atoms with Crippen LogP contribution in [0.4, 0.5) is 10.1 Å². The van der Waals surface area contributed by atoms with Crippen LogP contribution in [0.15, 0.2) is 38.5 Å². The van der Waals surface area contributed by atoms with Crippen molar-refractivity contribution in [2.75, 3.05) is 0 Å². The van der Waals surface area contributed by atoms with Crippen LogP contribution in [0, 0.1) is 15.9 Å². The van der Waals surface area contributed by atoms with Gasteiger partial charge in [0.05, 0.1) is 11.1 Å². The number of benzene rings is 1. The van der Waals surface area contributed by atoms with E-state index in [9.17, 15) is 24.1 Å². The number of halogens is 2. The summed E-state index contributed by atoms with van der Waals surface area (Å²) in [6, 6.07) is 3.85. The highest BCUT2D eigenvalue weighted by atomic mass is 79.9. The van der Waals surface area contributed by atoms with Crippen molar-refractivity contribution in [1.82, 2.24) is 9.55 Å². The lowest BCUT2D eigenvalue weighted by Gasteiger charge is -2.06. The van der Waals surface area contributed by atoms with Gasteiger partial charge in [0.25, 0.3) is 11.2 Å². The van der Waals surface area contributed by atoms with Gasteiger partial charge in [-0.05, 0) is 12.1 Å². The lowest BCUT2D eigenvalue weighted by Crippen LogP contribution is -2.30. The predicted octanol–water partition coefficient (Wildman–Crippen LogP) is 1.34. The SMILES string of the molecule is O=c1[nH]c(=O)n(-c2cc(Br)ccc2[N+](=O)[O-])cc1F. The van der Waals surface area contributed by atoms with Crippen LogP contribution in [0.1, 0.15) is 0 Å². The summed E-state index contributed by atoms with van der Waals surface area (Å²) in [7, 11) is 0. The molecular formula is C10H5BrFN3O4. The maximum absolute atomic E-state index is 13.2. The van der Waals surface area contributed by atoms with Crippen molar-refractivity contribution >= 4 is 21.6 Å². The predicted molar refractivity (Wildman–Crippen MR) is 67.0 cm³/mol. The highest BCUT2D eigenvalue weighted by molar-refractivity contribution is 9.10. The zero-order valence-corrected chi connectivity index (χ0v) is 10.7. The van der Waals surface area contributed by atoms with Gasteiger partial charge in [-0.3, -0.25) is 24.5 Å². The van der Waals surface area contributed by atoms with Crippen molar-refractivity contribution in [2.24, 2.45) is 0 Å². The average molecular weight is 330 g/mol. The second kappa shape index (κ2) is 4.76. The summed E-state index contributed by atoms with van der Waals surface area (Å²) >= 11 is 3.10. The third-order valence-corrected chi connectivity index (χ3v) is 2.79. The number of nitro groups is 1. The van der Waals surface area contributed by atoms with Gasteiger partial charge in [0, 0.05) is 10.5 Å². The van der Waals surface area contributed by atoms with Crippen LogP contribution < -0.4 is 11.2 Å². The summed E-state index contributed by atoms with van der Waals surface area (Å²) in [6.45, 7) is 0. The van der Waals surface area contributed by atoms with E-state index in [4.69, 9.17) is 0 Å². The van der Waals surface area contributed by atoms with Crippen LogP contribution in [0.2, 0.25) is 0 Å². The molecule has 0 saturated heterocycles. The van der Waals surface area contributed by atoms with E-state index in [1.54, 1.807) is 4.98 Å². The molecule has 2 aromatic rings. The van der Waals surface area contributed by atoms with Crippen LogP contribution in [-0.4, -0.2) is 14.5 Å². The molecule has 9 heteroatoms. The number of nitro benzene ring substituents is 1. The summed E-state index contributed by atoms with van der Waals surface area (Å²) in [6.07, 6.45) is 0.607. The Hall–Kier alpha value is -2.29. The molecule has 2 rings (SSSR count).